The van der Waals surface area contributed by atoms with Gasteiger partial charge in [-0.2, -0.15) is 5.10 Å². The number of nitrogens with one attached hydrogen (secondary N) is 1. The molecule has 0 unspecified atom stereocenters. The quantitative estimate of drug-likeness (QED) is 0.944. The molecule has 1 N–H and O–H groups in total. The van der Waals surface area contributed by atoms with E-state index in [1.807, 2.05) is 31.2 Å². The highest BCUT2D eigenvalue weighted by Crippen LogP contribution is 2.25. The van der Waals surface area contributed by atoms with Crippen molar-refractivity contribution >= 4 is 5.91 Å². The maximum Gasteiger partial charge on any atom is 0.223 e. The smallest absolute Gasteiger partial charge is 0.223 e. The van der Waals surface area contributed by atoms with Crippen LogP contribution in [0.2, 0.25) is 0 Å². The molecule has 1 saturated carbocycles. The molecule has 3 rings (SSSR count). The van der Waals surface area contributed by atoms with Gasteiger partial charge < -0.3 is 5.32 Å². The molecule has 0 saturated heterocycles. The molecule has 116 valence electrons. The molecule has 5 nitrogen and oxygen atoms in total. The first-order chi connectivity index (χ1) is 10.7. The Bertz CT molecular complexity index is 600. The van der Waals surface area contributed by atoms with Crippen LogP contribution < -0.4 is 5.32 Å². The highest BCUT2D eigenvalue weighted by molar-refractivity contribution is 5.79. The topological polar surface area (TPSA) is 59.8 Å². The lowest BCUT2D eigenvalue weighted by atomic mass is 9.88. The largest absolute Gasteiger partial charge is 0.349 e. The zero-order valence-electron chi connectivity index (χ0n) is 12.9. The molecule has 0 radical (unpaired) electrons. The summed E-state index contributed by atoms with van der Waals surface area (Å²) in [6, 6.07) is 8.07. The van der Waals surface area contributed by atoms with E-state index in [2.05, 4.69) is 15.4 Å². The van der Waals surface area contributed by atoms with E-state index in [1.165, 1.54) is 25.6 Å². The van der Waals surface area contributed by atoms with E-state index in [4.69, 9.17) is 0 Å². The van der Waals surface area contributed by atoms with Crippen LogP contribution in [0.1, 0.15) is 50.6 Å². The Morgan fingerprint density at radius 2 is 1.95 bits per heavy atom. The molecule has 1 aliphatic carbocycles. The highest BCUT2D eigenvalue weighted by atomic mass is 16.1. The lowest BCUT2D eigenvalue weighted by Crippen LogP contribution is -2.33. The first-order valence-corrected chi connectivity index (χ1v) is 7.99. The van der Waals surface area contributed by atoms with Gasteiger partial charge in [0.15, 0.2) is 0 Å². The van der Waals surface area contributed by atoms with Gasteiger partial charge in [0.1, 0.15) is 12.7 Å². The van der Waals surface area contributed by atoms with Crippen LogP contribution in [0.4, 0.5) is 0 Å². The normalized spacial score (nSPS) is 17.1. The number of carbonyl (C=O) groups excluding carboxylic acids is 1. The number of hydrogen-bond acceptors (Lipinski definition) is 3. The minimum absolute atomic E-state index is 0.0271. The fourth-order valence-corrected chi connectivity index (χ4v) is 3.04. The van der Waals surface area contributed by atoms with Crippen LogP contribution in [0.25, 0.3) is 5.69 Å². The van der Waals surface area contributed by atoms with Gasteiger partial charge in [-0.25, -0.2) is 9.67 Å². The SMILES string of the molecule is C[C@H](NC(=O)C1CCCCC1)c1ccc(-n2cncn2)cc1. The summed E-state index contributed by atoms with van der Waals surface area (Å²) in [5.74, 6) is 0.401. The van der Waals surface area contributed by atoms with Crippen LogP contribution in [0, 0.1) is 5.92 Å². The molecule has 1 aliphatic rings. The molecule has 1 aromatic carbocycles. The van der Waals surface area contributed by atoms with Gasteiger partial charge in [0, 0.05) is 5.92 Å². The Hall–Kier alpha value is -2.17. The first kappa shape index (κ1) is 14.8. The third kappa shape index (κ3) is 3.35. The second-order valence-electron chi connectivity index (χ2n) is 6.00. The lowest BCUT2D eigenvalue weighted by molar-refractivity contribution is -0.126. The van der Waals surface area contributed by atoms with Crippen molar-refractivity contribution in [3.8, 4) is 5.69 Å². The second kappa shape index (κ2) is 6.73. The van der Waals surface area contributed by atoms with E-state index in [-0.39, 0.29) is 17.9 Å². The molecular weight excluding hydrogens is 276 g/mol. The van der Waals surface area contributed by atoms with E-state index in [0.717, 1.165) is 24.1 Å². The van der Waals surface area contributed by atoms with Crippen molar-refractivity contribution in [2.75, 3.05) is 0 Å². The molecule has 0 spiro atoms. The van der Waals surface area contributed by atoms with Crippen molar-refractivity contribution < 1.29 is 4.79 Å². The summed E-state index contributed by atoms with van der Waals surface area (Å²) >= 11 is 0. The van der Waals surface area contributed by atoms with Gasteiger partial charge in [-0.1, -0.05) is 31.4 Å². The maximum absolute atomic E-state index is 12.3. The molecule has 0 bridgehead atoms. The molecule has 0 aliphatic heterocycles. The summed E-state index contributed by atoms with van der Waals surface area (Å²) in [4.78, 5) is 16.2. The van der Waals surface area contributed by atoms with Gasteiger partial charge in [-0.3, -0.25) is 4.79 Å². The van der Waals surface area contributed by atoms with Crippen molar-refractivity contribution in [2.45, 2.75) is 45.1 Å². The average molecular weight is 298 g/mol. The number of benzene rings is 1. The van der Waals surface area contributed by atoms with Crippen molar-refractivity contribution in [2.24, 2.45) is 5.92 Å². The Morgan fingerprint density at radius 3 is 2.59 bits per heavy atom. The summed E-state index contributed by atoms with van der Waals surface area (Å²) in [5.41, 5.74) is 2.07. The minimum Gasteiger partial charge on any atom is -0.349 e. The number of amides is 1. The molecule has 1 amide bonds. The maximum atomic E-state index is 12.3. The van der Waals surface area contributed by atoms with Crippen molar-refractivity contribution in [3.63, 3.8) is 0 Å². The van der Waals surface area contributed by atoms with Gasteiger partial charge in [0.2, 0.25) is 5.91 Å². The van der Waals surface area contributed by atoms with Crippen LogP contribution in [0.15, 0.2) is 36.9 Å². The van der Waals surface area contributed by atoms with Crippen LogP contribution in [-0.2, 0) is 4.79 Å². The predicted molar refractivity (Wildman–Crippen MR) is 84.5 cm³/mol. The summed E-state index contributed by atoms with van der Waals surface area (Å²) in [6.07, 6.45) is 8.87. The molecule has 1 aromatic heterocycles. The standard InChI is InChI=1S/C17H22N4O/c1-13(20-17(22)15-5-3-2-4-6-15)14-7-9-16(10-8-14)21-12-18-11-19-21/h7-13,15H,2-6H2,1H3,(H,20,22)/t13-/m0/s1. The molecule has 1 atom stereocenters. The fourth-order valence-electron chi connectivity index (χ4n) is 3.04. The van der Waals surface area contributed by atoms with E-state index in [0.29, 0.717) is 0 Å². The second-order valence-corrected chi connectivity index (χ2v) is 6.00. The van der Waals surface area contributed by atoms with Crippen molar-refractivity contribution in [1.29, 1.82) is 0 Å². The Kier molecular flexibility index (Phi) is 4.51. The van der Waals surface area contributed by atoms with Gasteiger partial charge in [0.25, 0.3) is 0 Å². The van der Waals surface area contributed by atoms with Crippen LogP contribution in [0.3, 0.4) is 0 Å². The molecular formula is C17H22N4O. The monoisotopic (exact) mass is 298 g/mol. The first-order valence-electron chi connectivity index (χ1n) is 7.99. The van der Waals surface area contributed by atoms with Gasteiger partial charge in [-0.05, 0) is 37.5 Å². The van der Waals surface area contributed by atoms with Gasteiger partial charge in [0.05, 0.1) is 11.7 Å². The van der Waals surface area contributed by atoms with Crippen LogP contribution in [-0.4, -0.2) is 20.7 Å². The third-order valence-corrected chi connectivity index (χ3v) is 4.41. The third-order valence-electron chi connectivity index (χ3n) is 4.41. The van der Waals surface area contributed by atoms with Gasteiger partial charge >= 0.3 is 0 Å². The van der Waals surface area contributed by atoms with E-state index < -0.39 is 0 Å². The molecule has 5 heteroatoms. The average Bonchev–Trinajstić information content (AvgIpc) is 3.10. The summed E-state index contributed by atoms with van der Waals surface area (Å²) < 4.78 is 1.72. The summed E-state index contributed by atoms with van der Waals surface area (Å²) in [7, 11) is 0. The number of carbonyl (C=O) groups is 1. The minimum atomic E-state index is 0.0271. The van der Waals surface area contributed by atoms with E-state index in [9.17, 15) is 4.79 Å². The Labute approximate surface area is 130 Å². The van der Waals surface area contributed by atoms with Crippen LogP contribution >= 0.6 is 0 Å². The lowest BCUT2D eigenvalue weighted by Gasteiger charge is -2.23. The Balaban J connectivity index is 1.62. The molecule has 2 aromatic rings. The number of hydrogen-bond donors (Lipinski definition) is 1. The predicted octanol–water partition coefficient (Wildman–Crippen LogP) is 3.02. The molecule has 1 heterocycles. The van der Waals surface area contributed by atoms with Gasteiger partial charge in [-0.15, -0.1) is 0 Å². The zero-order chi connectivity index (χ0) is 15.4. The Morgan fingerprint density at radius 1 is 1.23 bits per heavy atom. The summed E-state index contributed by atoms with van der Waals surface area (Å²) in [6.45, 7) is 2.03. The number of nitrogens with zero attached hydrogens (tertiary/aromatic N) is 3. The number of rotatable bonds is 4. The van der Waals surface area contributed by atoms with E-state index >= 15 is 0 Å². The van der Waals surface area contributed by atoms with Crippen LogP contribution in [0.5, 0.6) is 0 Å². The van der Waals surface area contributed by atoms with Crippen molar-refractivity contribution in [1.82, 2.24) is 20.1 Å². The molecule has 22 heavy (non-hydrogen) atoms. The highest BCUT2D eigenvalue weighted by Gasteiger charge is 2.22. The zero-order valence-corrected chi connectivity index (χ0v) is 12.9. The summed E-state index contributed by atoms with van der Waals surface area (Å²) in [5, 5.41) is 7.25. The van der Waals surface area contributed by atoms with Crippen molar-refractivity contribution in [3.05, 3.63) is 42.5 Å². The molecule has 1 fully saturated rings. The fraction of sp³-hybridized carbons (Fsp3) is 0.471. The number of aromatic nitrogens is 3. The van der Waals surface area contributed by atoms with E-state index in [1.54, 1.807) is 11.0 Å².